The van der Waals surface area contributed by atoms with Gasteiger partial charge in [0.25, 0.3) is 5.91 Å². The van der Waals surface area contributed by atoms with Crippen LogP contribution in [0.4, 0.5) is 5.69 Å². The van der Waals surface area contributed by atoms with Gasteiger partial charge in [-0.3, -0.25) is 4.79 Å². The highest BCUT2D eigenvalue weighted by atomic mass is 32.1. The Kier molecular flexibility index (Phi) is 4.52. The van der Waals surface area contributed by atoms with Crippen LogP contribution in [0.25, 0.3) is 0 Å². The van der Waals surface area contributed by atoms with Crippen LogP contribution in [0.2, 0.25) is 0 Å². The van der Waals surface area contributed by atoms with Crippen LogP contribution in [0.15, 0.2) is 36.4 Å². The first-order valence-corrected chi connectivity index (χ1v) is 7.52. The van der Waals surface area contributed by atoms with E-state index >= 15 is 0 Å². The van der Waals surface area contributed by atoms with Gasteiger partial charge in [-0.2, -0.15) is 0 Å². The number of anilines is 1. The molecule has 5 heteroatoms. The van der Waals surface area contributed by atoms with Crippen molar-refractivity contribution in [2.75, 3.05) is 11.9 Å². The van der Waals surface area contributed by atoms with E-state index in [0.29, 0.717) is 4.99 Å². The van der Waals surface area contributed by atoms with Crippen LogP contribution in [0, 0.1) is 0 Å². The maximum atomic E-state index is 12.4. The fraction of sp³-hybridized carbons (Fsp3) is 0.200. The first-order chi connectivity index (χ1) is 9.52. The van der Waals surface area contributed by atoms with Gasteiger partial charge < -0.3 is 10.6 Å². The van der Waals surface area contributed by atoms with Gasteiger partial charge in [0.1, 0.15) is 4.99 Å². The van der Waals surface area contributed by atoms with Crippen molar-refractivity contribution in [3.63, 3.8) is 0 Å². The van der Waals surface area contributed by atoms with Gasteiger partial charge in [0.2, 0.25) is 0 Å². The number of amides is 1. The number of thiophene rings is 1. The molecule has 2 aromatic rings. The van der Waals surface area contributed by atoms with Gasteiger partial charge in [-0.1, -0.05) is 19.1 Å². The molecule has 104 valence electrons. The molecule has 1 aromatic carbocycles. The number of hydrogen-bond donors (Lipinski definition) is 1. The zero-order valence-corrected chi connectivity index (χ0v) is 13.1. The van der Waals surface area contributed by atoms with Crippen LogP contribution in [0.1, 0.15) is 27.0 Å². The van der Waals surface area contributed by atoms with Gasteiger partial charge >= 0.3 is 0 Å². The summed E-state index contributed by atoms with van der Waals surface area (Å²) in [6.07, 6.45) is 0.949. The second-order valence-corrected chi connectivity index (χ2v) is 6.00. The largest absolute Gasteiger partial charge is 0.389 e. The highest BCUT2D eigenvalue weighted by Gasteiger charge is 2.15. The molecule has 0 saturated heterocycles. The molecule has 0 aliphatic rings. The number of thiocarbonyl (C=S) groups is 1. The summed E-state index contributed by atoms with van der Waals surface area (Å²) < 4.78 is 0. The maximum Gasteiger partial charge on any atom is 0.268 e. The summed E-state index contributed by atoms with van der Waals surface area (Å²) in [5, 5.41) is 0. The van der Waals surface area contributed by atoms with E-state index in [2.05, 4.69) is 6.92 Å². The van der Waals surface area contributed by atoms with E-state index in [9.17, 15) is 4.79 Å². The van der Waals surface area contributed by atoms with Crippen LogP contribution in [0.3, 0.4) is 0 Å². The van der Waals surface area contributed by atoms with Gasteiger partial charge in [0.05, 0.1) is 4.88 Å². The molecule has 0 radical (unpaired) electrons. The molecule has 1 heterocycles. The fourth-order valence-corrected chi connectivity index (χ4v) is 2.87. The Bertz CT molecular complexity index is 632. The molecular weight excluding hydrogens is 288 g/mol. The summed E-state index contributed by atoms with van der Waals surface area (Å²) in [5.74, 6) is -0.00206. The molecule has 0 fully saturated rings. The Labute approximate surface area is 128 Å². The predicted octanol–water partition coefficient (Wildman–Crippen LogP) is 3.22. The first-order valence-electron chi connectivity index (χ1n) is 6.29. The molecule has 2 rings (SSSR count). The number of benzene rings is 1. The average Bonchev–Trinajstić information content (AvgIpc) is 2.94. The monoisotopic (exact) mass is 304 g/mol. The third kappa shape index (κ3) is 3.05. The third-order valence-corrected chi connectivity index (χ3v) is 4.52. The van der Waals surface area contributed by atoms with E-state index in [1.165, 1.54) is 4.88 Å². The average molecular weight is 304 g/mol. The molecule has 0 atom stereocenters. The smallest absolute Gasteiger partial charge is 0.268 e. The zero-order chi connectivity index (χ0) is 14.7. The van der Waals surface area contributed by atoms with Gasteiger partial charge in [0.15, 0.2) is 0 Å². The third-order valence-electron chi connectivity index (χ3n) is 3.06. The predicted molar refractivity (Wildman–Crippen MR) is 88.8 cm³/mol. The Balaban J connectivity index is 2.19. The van der Waals surface area contributed by atoms with E-state index in [-0.39, 0.29) is 5.91 Å². The van der Waals surface area contributed by atoms with E-state index in [4.69, 9.17) is 18.0 Å². The molecule has 1 aromatic heterocycles. The molecule has 0 aliphatic heterocycles. The van der Waals surface area contributed by atoms with Crippen molar-refractivity contribution in [1.29, 1.82) is 0 Å². The van der Waals surface area contributed by atoms with Crippen LogP contribution < -0.4 is 10.6 Å². The van der Waals surface area contributed by atoms with Crippen molar-refractivity contribution in [2.24, 2.45) is 5.73 Å². The van der Waals surface area contributed by atoms with Gasteiger partial charge in [-0.05, 0) is 42.8 Å². The summed E-state index contributed by atoms with van der Waals surface area (Å²) >= 11 is 6.45. The van der Waals surface area contributed by atoms with Crippen LogP contribution >= 0.6 is 23.6 Å². The second kappa shape index (κ2) is 6.15. The van der Waals surface area contributed by atoms with Crippen molar-refractivity contribution in [3.8, 4) is 0 Å². The van der Waals surface area contributed by atoms with Crippen LogP contribution in [0.5, 0.6) is 0 Å². The zero-order valence-electron chi connectivity index (χ0n) is 11.4. The molecule has 0 saturated carbocycles. The standard InChI is InChI=1S/C15H16N2OS2/c1-3-12-8-9-13(20-12)15(18)17(2)11-6-4-10(5-7-11)14(16)19/h4-9H,3H2,1-2H3,(H2,16,19). The number of aryl methyl sites for hydroxylation is 1. The molecule has 0 unspecified atom stereocenters. The van der Waals surface area contributed by atoms with Crippen LogP contribution in [-0.4, -0.2) is 17.9 Å². The number of nitrogens with zero attached hydrogens (tertiary/aromatic N) is 1. The lowest BCUT2D eigenvalue weighted by Crippen LogP contribution is -2.25. The Morgan fingerprint density at radius 2 is 1.90 bits per heavy atom. The molecular formula is C15H16N2OS2. The minimum absolute atomic E-state index is 0.00206. The lowest BCUT2D eigenvalue weighted by Gasteiger charge is -2.16. The summed E-state index contributed by atoms with van der Waals surface area (Å²) in [7, 11) is 1.77. The van der Waals surface area contributed by atoms with Crippen molar-refractivity contribution in [3.05, 3.63) is 51.7 Å². The Morgan fingerprint density at radius 1 is 1.25 bits per heavy atom. The molecule has 3 nitrogen and oxygen atoms in total. The highest BCUT2D eigenvalue weighted by molar-refractivity contribution is 7.80. The second-order valence-electron chi connectivity index (χ2n) is 4.39. The SMILES string of the molecule is CCc1ccc(C(=O)N(C)c2ccc(C(N)=S)cc2)s1. The Hall–Kier alpha value is -1.72. The molecule has 20 heavy (non-hydrogen) atoms. The number of nitrogens with two attached hydrogens (primary N) is 1. The first kappa shape index (κ1) is 14.7. The number of hydrogen-bond acceptors (Lipinski definition) is 3. The van der Waals surface area contributed by atoms with E-state index in [1.54, 1.807) is 23.3 Å². The quantitative estimate of drug-likeness (QED) is 0.882. The maximum absolute atomic E-state index is 12.4. The van der Waals surface area contributed by atoms with E-state index in [0.717, 1.165) is 22.5 Å². The molecule has 0 bridgehead atoms. The van der Waals surface area contributed by atoms with Gasteiger partial charge in [0, 0.05) is 23.2 Å². The lowest BCUT2D eigenvalue weighted by atomic mass is 10.2. The Morgan fingerprint density at radius 3 is 2.40 bits per heavy atom. The van der Waals surface area contributed by atoms with E-state index < -0.39 is 0 Å². The van der Waals surface area contributed by atoms with Crippen molar-refractivity contribution in [1.82, 2.24) is 0 Å². The molecule has 0 spiro atoms. The fourth-order valence-electron chi connectivity index (χ4n) is 1.81. The summed E-state index contributed by atoms with van der Waals surface area (Å²) in [4.78, 5) is 16.3. The summed E-state index contributed by atoms with van der Waals surface area (Å²) in [5.41, 5.74) is 7.18. The normalized spacial score (nSPS) is 10.3. The molecule has 1 amide bonds. The minimum Gasteiger partial charge on any atom is -0.389 e. The van der Waals surface area contributed by atoms with Gasteiger partial charge in [-0.25, -0.2) is 0 Å². The number of rotatable bonds is 4. The van der Waals surface area contributed by atoms with Crippen LogP contribution in [-0.2, 0) is 6.42 Å². The topological polar surface area (TPSA) is 46.3 Å². The number of carbonyl (C=O) groups is 1. The van der Waals surface area contributed by atoms with Gasteiger partial charge in [-0.15, -0.1) is 11.3 Å². The lowest BCUT2D eigenvalue weighted by molar-refractivity contribution is 0.0997. The summed E-state index contributed by atoms with van der Waals surface area (Å²) in [6, 6.07) is 11.2. The van der Waals surface area contributed by atoms with E-state index in [1.807, 2.05) is 36.4 Å². The summed E-state index contributed by atoms with van der Waals surface area (Å²) in [6.45, 7) is 2.08. The van der Waals surface area contributed by atoms with Crippen molar-refractivity contribution < 1.29 is 4.79 Å². The number of carbonyl (C=O) groups excluding carboxylic acids is 1. The van der Waals surface area contributed by atoms with Crippen molar-refractivity contribution in [2.45, 2.75) is 13.3 Å². The van der Waals surface area contributed by atoms with Crippen molar-refractivity contribution >= 4 is 40.1 Å². The minimum atomic E-state index is -0.00206. The molecule has 0 aliphatic carbocycles. The highest BCUT2D eigenvalue weighted by Crippen LogP contribution is 2.22. The molecule has 2 N–H and O–H groups in total.